The maximum Gasteiger partial charge on any atom is 0.148 e. The van der Waals surface area contributed by atoms with Crippen molar-refractivity contribution < 1.29 is 4.74 Å². The Morgan fingerprint density at radius 1 is 1.07 bits per heavy atom. The van der Waals surface area contributed by atoms with Crippen LogP contribution in [-0.4, -0.2) is 22.6 Å². The molecule has 1 unspecified atom stereocenters. The molecule has 1 aliphatic rings. The summed E-state index contributed by atoms with van der Waals surface area (Å²) in [5.41, 5.74) is 1.77. The van der Waals surface area contributed by atoms with Gasteiger partial charge < -0.3 is 14.6 Å². The lowest BCUT2D eigenvalue weighted by atomic mass is 9.95. The van der Waals surface area contributed by atoms with E-state index in [-0.39, 0.29) is 6.61 Å². The van der Waals surface area contributed by atoms with E-state index in [4.69, 9.17) is 56.1 Å². The van der Waals surface area contributed by atoms with Crippen molar-refractivity contribution in [3.05, 3.63) is 56.2 Å². The summed E-state index contributed by atoms with van der Waals surface area (Å²) in [4.78, 5) is 4.76. The van der Waals surface area contributed by atoms with Gasteiger partial charge in [-0.3, -0.25) is 0 Å². The normalized spacial score (nSPS) is 16.9. The molecule has 1 aliphatic heterocycles. The maximum absolute atomic E-state index is 6.29. The first-order chi connectivity index (χ1) is 14.5. The van der Waals surface area contributed by atoms with E-state index in [0.29, 0.717) is 25.8 Å². The Balaban J connectivity index is 1.54. The Morgan fingerprint density at radius 2 is 1.90 bits per heavy atom. The fourth-order valence-electron chi connectivity index (χ4n) is 3.97. The smallest absolute Gasteiger partial charge is 0.148 e. The van der Waals surface area contributed by atoms with Crippen molar-refractivity contribution in [3.63, 3.8) is 0 Å². The number of rotatable bonds is 7. The lowest BCUT2D eigenvalue weighted by Crippen LogP contribution is -2.29. The van der Waals surface area contributed by atoms with E-state index in [2.05, 4.69) is 9.88 Å². The molecule has 1 atom stereocenters. The van der Waals surface area contributed by atoms with Crippen LogP contribution in [0.15, 0.2) is 30.3 Å². The molecule has 4 nitrogen and oxygen atoms in total. The third kappa shape index (κ3) is 5.17. The third-order valence-corrected chi connectivity index (χ3v) is 6.77. The standard InChI is InChI=1S/C22H23Cl4N3O/c23-15-5-6-21(18(26)9-15)30-13-22-28-19-10-16(24)17(25)11-20(19)29(22)8-2-4-14-3-1-7-27-12-14/h5-6,9-11,14,27H,1-4,7-8,12-13H2. The van der Waals surface area contributed by atoms with E-state index in [0.717, 1.165) is 48.8 Å². The second-order valence-electron chi connectivity index (χ2n) is 7.65. The highest BCUT2D eigenvalue weighted by atomic mass is 35.5. The summed E-state index contributed by atoms with van der Waals surface area (Å²) in [5, 5.41) is 5.55. The molecule has 4 rings (SSSR count). The molecule has 2 aromatic carbocycles. The highest BCUT2D eigenvalue weighted by Gasteiger charge is 2.16. The number of hydrogen-bond acceptors (Lipinski definition) is 3. The first-order valence-corrected chi connectivity index (χ1v) is 11.6. The van der Waals surface area contributed by atoms with Crippen molar-refractivity contribution >= 4 is 57.4 Å². The molecule has 0 aliphatic carbocycles. The average molecular weight is 487 g/mol. The number of piperidine rings is 1. The van der Waals surface area contributed by atoms with Crippen LogP contribution in [-0.2, 0) is 13.2 Å². The predicted octanol–water partition coefficient (Wildman–Crippen LogP) is 7.01. The summed E-state index contributed by atoms with van der Waals surface area (Å²) in [5.74, 6) is 2.12. The van der Waals surface area contributed by atoms with Crippen molar-refractivity contribution in [3.8, 4) is 5.75 Å². The lowest BCUT2D eigenvalue weighted by molar-refractivity contribution is 0.287. The molecule has 1 aromatic heterocycles. The minimum Gasteiger partial charge on any atom is -0.484 e. The Kier molecular flexibility index (Phi) is 7.32. The summed E-state index contributed by atoms with van der Waals surface area (Å²) >= 11 is 24.7. The van der Waals surface area contributed by atoms with Gasteiger partial charge in [0.2, 0.25) is 0 Å². The highest BCUT2D eigenvalue weighted by Crippen LogP contribution is 2.31. The van der Waals surface area contributed by atoms with Gasteiger partial charge in [-0.1, -0.05) is 46.4 Å². The second kappa shape index (κ2) is 9.97. The number of aryl methyl sites for hydroxylation is 1. The van der Waals surface area contributed by atoms with Crippen molar-refractivity contribution in [1.82, 2.24) is 14.9 Å². The molecule has 0 amide bonds. The van der Waals surface area contributed by atoms with Gasteiger partial charge in [-0.15, -0.1) is 0 Å². The van der Waals surface area contributed by atoms with E-state index < -0.39 is 0 Å². The summed E-state index contributed by atoms with van der Waals surface area (Å²) in [7, 11) is 0. The van der Waals surface area contributed by atoms with Crippen LogP contribution >= 0.6 is 46.4 Å². The number of ether oxygens (including phenoxy) is 1. The number of benzene rings is 2. The van der Waals surface area contributed by atoms with Crippen LogP contribution < -0.4 is 10.1 Å². The largest absolute Gasteiger partial charge is 0.484 e. The molecule has 160 valence electrons. The van der Waals surface area contributed by atoms with Gasteiger partial charge in [0.15, 0.2) is 0 Å². The first-order valence-electron chi connectivity index (χ1n) is 10.1. The Bertz CT molecular complexity index is 1030. The zero-order valence-corrected chi connectivity index (χ0v) is 19.5. The number of nitrogens with zero attached hydrogens (tertiary/aromatic N) is 2. The SMILES string of the molecule is Clc1ccc(OCc2nc3cc(Cl)c(Cl)cc3n2CCCC2CCCNC2)c(Cl)c1. The zero-order valence-electron chi connectivity index (χ0n) is 16.4. The molecule has 1 fully saturated rings. The quantitative estimate of drug-likeness (QED) is 0.390. The van der Waals surface area contributed by atoms with Crippen LogP contribution in [0.4, 0.5) is 0 Å². The topological polar surface area (TPSA) is 39.1 Å². The Hall–Kier alpha value is -1.17. The van der Waals surface area contributed by atoms with Gasteiger partial charge in [0.05, 0.1) is 26.1 Å². The van der Waals surface area contributed by atoms with Crippen LogP contribution in [0.5, 0.6) is 5.75 Å². The minimum atomic E-state index is 0.288. The predicted molar refractivity (Wildman–Crippen MR) is 125 cm³/mol. The fourth-order valence-corrected chi connectivity index (χ4v) is 4.75. The van der Waals surface area contributed by atoms with Crippen molar-refractivity contribution in [2.45, 2.75) is 38.8 Å². The van der Waals surface area contributed by atoms with Gasteiger partial charge >= 0.3 is 0 Å². The van der Waals surface area contributed by atoms with Gasteiger partial charge in [0, 0.05) is 11.6 Å². The number of hydrogen-bond donors (Lipinski definition) is 1. The molecule has 3 aromatic rings. The summed E-state index contributed by atoms with van der Waals surface area (Å²) < 4.78 is 8.13. The summed E-state index contributed by atoms with van der Waals surface area (Å²) in [6.07, 6.45) is 4.79. The van der Waals surface area contributed by atoms with Crippen molar-refractivity contribution in [2.24, 2.45) is 5.92 Å². The van der Waals surface area contributed by atoms with E-state index >= 15 is 0 Å². The van der Waals surface area contributed by atoms with Gasteiger partial charge in [-0.05, 0) is 75.0 Å². The number of fused-ring (bicyclic) bond motifs is 1. The molecule has 0 spiro atoms. The second-order valence-corrected chi connectivity index (χ2v) is 9.31. The number of nitrogens with one attached hydrogen (secondary N) is 1. The van der Waals surface area contributed by atoms with Gasteiger partial charge in [-0.25, -0.2) is 4.98 Å². The van der Waals surface area contributed by atoms with Crippen LogP contribution in [0.3, 0.4) is 0 Å². The fraction of sp³-hybridized carbons (Fsp3) is 0.409. The Labute approximate surface area is 196 Å². The molecule has 0 bridgehead atoms. The van der Waals surface area contributed by atoms with E-state index in [1.54, 1.807) is 24.3 Å². The van der Waals surface area contributed by atoms with Crippen LogP contribution in [0.1, 0.15) is 31.5 Å². The molecule has 1 N–H and O–H groups in total. The maximum atomic E-state index is 6.29. The molecule has 0 radical (unpaired) electrons. The van der Waals surface area contributed by atoms with Crippen LogP contribution in [0, 0.1) is 5.92 Å². The Morgan fingerprint density at radius 3 is 2.67 bits per heavy atom. The zero-order chi connectivity index (χ0) is 21.1. The van der Waals surface area contributed by atoms with E-state index in [1.165, 1.54) is 19.3 Å². The number of halogens is 4. The molecule has 8 heteroatoms. The molecule has 0 saturated carbocycles. The molecule has 1 saturated heterocycles. The lowest BCUT2D eigenvalue weighted by Gasteiger charge is -2.22. The minimum absolute atomic E-state index is 0.288. The average Bonchev–Trinajstić information content (AvgIpc) is 3.05. The van der Waals surface area contributed by atoms with Gasteiger partial charge in [-0.2, -0.15) is 0 Å². The summed E-state index contributed by atoms with van der Waals surface area (Å²) in [6, 6.07) is 8.87. The number of imidazole rings is 1. The van der Waals surface area contributed by atoms with Crippen LogP contribution in [0.2, 0.25) is 20.1 Å². The monoisotopic (exact) mass is 485 g/mol. The van der Waals surface area contributed by atoms with Crippen molar-refractivity contribution in [2.75, 3.05) is 13.1 Å². The first kappa shape index (κ1) is 22.0. The molecule has 2 heterocycles. The summed E-state index contributed by atoms with van der Waals surface area (Å²) in [6.45, 7) is 3.38. The van der Waals surface area contributed by atoms with E-state index in [9.17, 15) is 0 Å². The van der Waals surface area contributed by atoms with Crippen molar-refractivity contribution in [1.29, 1.82) is 0 Å². The van der Waals surface area contributed by atoms with Crippen LogP contribution in [0.25, 0.3) is 11.0 Å². The molecule has 30 heavy (non-hydrogen) atoms. The van der Waals surface area contributed by atoms with Gasteiger partial charge in [0.1, 0.15) is 18.2 Å². The third-order valence-electron chi connectivity index (χ3n) is 5.51. The molecular formula is C22H23Cl4N3O. The number of aromatic nitrogens is 2. The highest BCUT2D eigenvalue weighted by molar-refractivity contribution is 6.42. The van der Waals surface area contributed by atoms with Gasteiger partial charge in [0.25, 0.3) is 0 Å². The molecular weight excluding hydrogens is 464 g/mol. The van der Waals surface area contributed by atoms with E-state index in [1.807, 2.05) is 6.07 Å².